The largest absolute Gasteiger partial charge is 0.298 e. The Morgan fingerprint density at radius 2 is 1.75 bits per heavy atom. The number of benzene rings is 1. The summed E-state index contributed by atoms with van der Waals surface area (Å²) in [5.41, 5.74) is 1.06. The topological polar surface area (TPSA) is 6.48 Å². The molecule has 1 saturated carbocycles. The molecule has 20 heavy (non-hydrogen) atoms. The van der Waals surface area contributed by atoms with Crippen LogP contribution >= 0.6 is 15.9 Å². The van der Waals surface area contributed by atoms with Gasteiger partial charge in [-0.2, -0.15) is 0 Å². The second kappa shape index (κ2) is 6.54. The molecule has 2 aliphatic rings. The van der Waals surface area contributed by atoms with Crippen LogP contribution < -0.4 is 0 Å². The van der Waals surface area contributed by atoms with Crippen LogP contribution in [0.4, 0.5) is 4.39 Å². The normalized spacial score (nSPS) is 22.5. The van der Waals surface area contributed by atoms with Crippen LogP contribution in [0, 0.1) is 5.82 Å². The Kier molecular flexibility index (Phi) is 4.74. The highest BCUT2D eigenvalue weighted by Crippen LogP contribution is 2.24. The van der Waals surface area contributed by atoms with E-state index >= 15 is 0 Å². The lowest BCUT2D eigenvalue weighted by Gasteiger charge is -2.38. The van der Waals surface area contributed by atoms with Gasteiger partial charge in [0.05, 0.1) is 0 Å². The van der Waals surface area contributed by atoms with E-state index in [9.17, 15) is 4.39 Å². The van der Waals surface area contributed by atoms with Crippen LogP contribution in [-0.2, 0) is 6.54 Å². The lowest BCUT2D eigenvalue weighted by molar-refractivity contribution is 0.0936. The molecule has 1 heterocycles. The molecule has 0 atom stereocenters. The maximum Gasteiger partial charge on any atom is 0.124 e. The molecule has 0 unspecified atom stereocenters. The Bertz CT molecular complexity index is 432. The van der Waals surface area contributed by atoms with E-state index in [2.05, 4.69) is 25.7 Å². The molecule has 2 nitrogen and oxygen atoms in total. The summed E-state index contributed by atoms with van der Waals surface area (Å²) in [6, 6.07) is 6.02. The molecule has 1 aliphatic carbocycles. The Morgan fingerprint density at radius 1 is 1.05 bits per heavy atom. The first kappa shape index (κ1) is 14.5. The predicted molar refractivity (Wildman–Crippen MR) is 83.2 cm³/mol. The maximum atomic E-state index is 13.4. The summed E-state index contributed by atoms with van der Waals surface area (Å²) in [5, 5.41) is 0. The lowest BCUT2D eigenvalue weighted by Crippen LogP contribution is -2.49. The average molecular weight is 341 g/mol. The van der Waals surface area contributed by atoms with Gasteiger partial charge >= 0.3 is 0 Å². The van der Waals surface area contributed by atoms with Gasteiger partial charge in [-0.05, 0) is 36.6 Å². The van der Waals surface area contributed by atoms with Crippen molar-refractivity contribution in [2.75, 3.05) is 26.2 Å². The van der Waals surface area contributed by atoms with Gasteiger partial charge in [0.25, 0.3) is 0 Å². The molecule has 4 heteroatoms. The zero-order valence-electron chi connectivity index (χ0n) is 11.8. The average Bonchev–Trinajstić information content (AvgIpc) is 2.92. The van der Waals surface area contributed by atoms with Crippen LogP contribution in [0.15, 0.2) is 22.7 Å². The Balaban J connectivity index is 1.53. The van der Waals surface area contributed by atoms with Crippen LogP contribution in [-0.4, -0.2) is 42.0 Å². The molecule has 0 spiro atoms. The Morgan fingerprint density at radius 3 is 2.40 bits per heavy atom. The van der Waals surface area contributed by atoms with E-state index in [4.69, 9.17) is 0 Å². The highest BCUT2D eigenvalue weighted by Gasteiger charge is 2.25. The van der Waals surface area contributed by atoms with Crippen LogP contribution in [0.2, 0.25) is 0 Å². The lowest BCUT2D eigenvalue weighted by atomic mass is 10.1. The molecule has 1 aromatic carbocycles. The quantitative estimate of drug-likeness (QED) is 0.828. The monoisotopic (exact) mass is 340 g/mol. The summed E-state index contributed by atoms with van der Waals surface area (Å²) in [6.07, 6.45) is 5.58. The van der Waals surface area contributed by atoms with E-state index in [1.165, 1.54) is 44.8 Å². The molecule has 2 fully saturated rings. The van der Waals surface area contributed by atoms with E-state index in [1.54, 1.807) is 6.07 Å². The van der Waals surface area contributed by atoms with Gasteiger partial charge in [0, 0.05) is 43.2 Å². The van der Waals surface area contributed by atoms with E-state index in [1.807, 2.05) is 6.07 Å². The van der Waals surface area contributed by atoms with Gasteiger partial charge in [-0.25, -0.2) is 4.39 Å². The Labute approximate surface area is 129 Å². The molecule has 0 N–H and O–H groups in total. The molecule has 0 aromatic heterocycles. The number of piperazine rings is 1. The second-order valence-corrected chi connectivity index (χ2v) is 6.94. The summed E-state index contributed by atoms with van der Waals surface area (Å²) >= 11 is 3.37. The molecule has 110 valence electrons. The van der Waals surface area contributed by atoms with Gasteiger partial charge in [-0.3, -0.25) is 9.80 Å². The minimum absolute atomic E-state index is 0.154. The van der Waals surface area contributed by atoms with Crippen molar-refractivity contribution in [1.29, 1.82) is 0 Å². The van der Waals surface area contributed by atoms with Crippen molar-refractivity contribution in [3.05, 3.63) is 34.1 Å². The predicted octanol–water partition coefficient (Wildman–Crippen LogP) is 3.65. The summed E-state index contributed by atoms with van der Waals surface area (Å²) < 4.78 is 14.2. The van der Waals surface area contributed by atoms with Crippen molar-refractivity contribution in [1.82, 2.24) is 9.80 Å². The van der Waals surface area contributed by atoms with E-state index in [0.29, 0.717) is 0 Å². The summed E-state index contributed by atoms with van der Waals surface area (Å²) in [7, 11) is 0. The highest BCUT2D eigenvalue weighted by atomic mass is 79.9. The van der Waals surface area contributed by atoms with E-state index < -0.39 is 0 Å². The minimum atomic E-state index is -0.154. The molecule has 0 amide bonds. The standard InChI is InChI=1S/C16H22BrFN2/c17-14-9-13(10-15(18)11-14)12-19-5-7-20(8-6-19)16-3-1-2-4-16/h9-11,16H,1-8,12H2. The fourth-order valence-corrected chi connectivity index (χ4v) is 4.03. The van der Waals surface area contributed by atoms with Gasteiger partial charge < -0.3 is 0 Å². The third kappa shape index (κ3) is 3.60. The third-order valence-corrected chi connectivity index (χ3v) is 5.03. The zero-order chi connectivity index (χ0) is 13.9. The zero-order valence-corrected chi connectivity index (χ0v) is 13.4. The van der Waals surface area contributed by atoms with E-state index in [0.717, 1.165) is 35.7 Å². The summed E-state index contributed by atoms with van der Waals surface area (Å²) in [6.45, 7) is 5.40. The first-order valence-electron chi connectivity index (χ1n) is 7.62. The third-order valence-electron chi connectivity index (χ3n) is 4.58. The van der Waals surface area contributed by atoms with Crippen LogP contribution in [0.5, 0.6) is 0 Å². The van der Waals surface area contributed by atoms with Gasteiger partial charge in [0.1, 0.15) is 5.82 Å². The fraction of sp³-hybridized carbons (Fsp3) is 0.625. The molecular weight excluding hydrogens is 319 g/mol. The number of rotatable bonds is 3. The van der Waals surface area contributed by atoms with Crippen molar-refractivity contribution >= 4 is 15.9 Å². The van der Waals surface area contributed by atoms with E-state index in [-0.39, 0.29) is 5.82 Å². The van der Waals surface area contributed by atoms with Crippen LogP contribution in [0.3, 0.4) is 0 Å². The molecule has 3 rings (SSSR count). The number of nitrogens with zero attached hydrogens (tertiary/aromatic N) is 2. The van der Waals surface area contributed by atoms with Gasteiger partial charge in [0.15, 0.2) is 0 Å². The van der Waals surface area contributed by atoms with Gasteiger partial charge in [-0.15, -0.1) is 0 Å². The molecule has 0 radical (unpaired) electrons. The summed E-state index contributed by atoms with van der Waals surface area (Å²) in [4.78, 5) is 5.09. The second-order valence-electron chi connectivity index (χ2n) is 6.03. The van der Waals surface area contributed by atoms with Crippen molar-refractivity contribution < 1.29 is 4.39 Å². The van der Waals surface area contributed by atoms with Crippen molar-refractivity contribution in [3.8, 4) is 0 Å². The van der Waals surface area contributed by atoms with Crippen LogP contribution in [0.1, 0.15) is 31.2 Å². The highest BCUT2D eigenvalue weighted by molar-refractivity contribution is 9.10. The molecule has 0 bridgehead atoms. The van der Waals surface area contributed by atoms with Crippen molar-refractivity contribution in [2.45, 2.75) is 38.3 Å². The molecule has 1 aromatic rings. The first-order chi connectivity index (χ1) is 9.70. The molecule has 1 saturated heterocycles. The van der Waals surface area contributed by atoms with Gasteiger partial charge in [-0.1, -0.05) is 28.8 Å². The molecule has 1 aliphatic heterocycles. The number of hydrogen-bond acceptors (Lipinski definition) is 2. The first-order valence-corrected chi connectivity index (χ1v) is 8.41. The maximum absolute atomic E-state index is 13.4. The van der Waals surface area contributed by atoms with Gasteiger partial charge in [0.2, 0.25) is 0 Å². The summed E-state index contributed by atoms with van der Waals surface area (Å²) in [5.74, 6) is -0.154. The minimum Gasteiger partial charge on any atom is -0.298 e. The molecular formula is C16H22BrFN2. The Hall–Kier alpha value is -0.450. The smallest absolute Gasteiger partial charge is 0.124 e. The number of hydrogen-bond donors (Lipinski definition) is 0. The van der Waals surface area contributed by atoms with Crippen LogP contribution in [0.25, 0.3) is 0 Å². The number of halogens is 2. The van der Waals surface area contributed by atoms with Crippen molar-refractivity contribution in [2.24, 2.45) is 0 Å². The van der Waals surface area contributed by atoms with Crippen molar-refractivity contribution in [3.63, 3.8) is 0 Å². The fourth-order valence-electron chi connectivity index (χ4n) is 3.52. The SMILES string of the molecule is Fc1cc(Br)cc(CN2CCN(C3CCCC3)CC2)c1.